The Balaban J connectivity index is 1.52. The molecule has 4 aromatic rings. The van der Waals surface area contributed by atoms with Crippen LogP contribution in [0.5, 0.6) is 0 Å². The van der Waals surface area contributed by atoms with Crippen molar-refractivity contribution in [1.82, 2.24) is 9.97 Å². The quantitative estimate of drug-likeness (QED) is 0.367. The lowest BCUT2D eigenvalue weighted by Crippen LogP contribution is -2.26. The molecule has 3 heteroatoms. The summed E-state index contributed by atoms with van der Waals surface area (Å²) in [5, 5.41) is 0. The third-order valence-corrected chi connectivity index (χ3v) is 6.45. The van der Waals surface area contributed by atoms with Gasteiger partial charge < -0.3 is 4.90 Å². The molecule has 0 bridgehead atoms. The van der Waals surface area contributed by atoms with Crippen LogP contribution in [0.3, 0.4) is 0 Å². The molecule has 0 unspecified atom stereocenters. The molecule has 2 aliphatic heterocycles. The van der Waals surface area contributed by atoms with Crippen molar-refractivity contribution in [1.29, 1.82) is 0 Å². The highest BCUT2D eigenvalue weighted by Crippen LogP contribution is 2.52. The highest BCUT2D eigenvalue weighted by molar-refractivity contribution is 5.91. The van der Waals surface area contributed by atoms with Crippen molar-refractivity contribution in [2.24, 2.45) is 0 Å². The molecule has 7 rings (SSSR count). The van der Waals surface area contributed by atoms with Gasteiger partial charge in [-0.05, 0) is 58.0 Å². The summed E-state index contributed by atoms with van der Waals surface area (Å²) in [5.74, 6) is 0. The van der Waals surface area contributed by atoms with Crippen LogP contribution in [0, 0.1) is 0 Å². The number of nitrogens with zero attached hydrogens (tertiary/aromatic N) is 3. The van der Waals surface area contributed by atoms with Gasteiger partial charge >= 0.3 is 0 Å². The largest absolute Gasteiger partial charge is 0.308 e. The second-order valence-electron chi connectivity index (χ2n) is 7.89. The van der Waals surface area contributed by atoms with Gasteiger partial charge in [0.1, 0.15) is 0 Å². The Bertz CT molecular complexity index is 1310. The first kappa shape index (κ1) is 14.6. The molecule has 0 amide bonds. The number of rotatable bonds is 0. The summed E-state index contributed by atoms with van der Waals surface area (Å²) in [6, 6.07) is 17.7. The van der Waals surface area contributed by atoms with Gasteiger partial charge in [0.15, 0.2) is 0 Å². The van der Waals surface area contributed by atoms with E-state index in [1.54, 1.807) is 0 Å². The lowest BCUT2D eigenvalue weighted by atomic mass is 9.86. The van der Waals surface area contributed by atoms with E-state index in [1.165, 1.54) is 56.0 Å². The lowest BCUT2D eigenvalue weighted by molar-refractivity contribution is 0.945. The highest BCUT2D eigenvalue weighted by Gasteiger charge is 2.34. The first-order chi connectivity index (χ1) is 13.9. The molecule has 3 aliphatic rings. The number of benzene rings is 2. The Labute approximate surface area is 163 Å². The van der Waals surface area contributed by atoms with Crippen LogP contribution in [0.4, 0.5) is 17.1 Å². The van der Waals surface area contributed by atoms with E-state index in [9.17, 15) is 0 Å². The van der Waals surface area contributed by atoms with Crippen molar-refractivity contribution in [3.05, 3.63) is 101 Å². The Hall–Kier alpha value is -3.46. The van der Waals surface area contributed by atoms with Crippen LogP contribution in [0.25, 0.3) is 11.1 Å². The molecule has 2 aromatic heterocycles. The number of aromatic nitrogens is 2. The molecule has 1 aliphatic carbocycles. The van der Waals surface area contributed by atoms with Gasteiger partial charge in [0.05, 0.1) is 22.8 Å². The normalized spacial score (nSPS) is 14.6. The minimum atomic E-state index is 0.856. The summed E-state index contributed by atoms with van der Waals surface area (Å²) < 4.78 is 0. The summed E-state index contributed by atoms with van der Waals surface area (Å²) in [6.07, 6.45) is 8.79. The molecule has 132 valence electrons. The summed E-state index contributed by atoms with van der Waals surface area (Å²) in [6.45, 7) is 0. The van der Waals surface area contributed by atoms with Crippen LogP contribution in [-0.2, 0) is 19.3 Å². The van der Waals surface area contributed by atoms with Crippen molar-refractivity contribution in [3.8, 4) is 11.1 Å². The maximum Gasteiger partial charge on any atom is 0.0688 e. The standard InChI is InChI=1S/C25H17N3/c1-2-5-18-15(4-1)10-20-19(18)7-8-23-21(20)11-16-13-26-14-17-12-22-24(6-3-9-27-22)28(23)25(16)17/h1-9,13-14H,10-12H2. The molecular weight excluding hydrogens is 342 g/mol. The maximum absolute atomic E-state index is 4.68. The molecule has 0 radical (unpaired) electrons. The summed E-state index contributed by atoms with van der Waals surface area (Å²) in [5.41, 5.74) is 14.7. The highest BCUT2D eigenvalue weighted by atomic mass is 15.2. The first-order valence-electron chi connectivity index (χ1n) is 9.81. The third-order valence-electron chi connectivity index (χ3n) is 6.45. The van der Waals surface area contributed by atoms with Crippen molar-refractivity contribution >= 4 is 17.1 Å². The van der Waals surface area contributed by atoms with Gasteiger partial charge in [-0.25, -0.2) is 0 Å². The molecule has 0 saturated carbocycles. The number of hydrogen-bond acceptors (Lipinski definition) is 3. The van der Waals surface area contributed by atoms with Crippen molar-refractivity contribution in [2.75, 3.05) is 4.90 Å². The van der Waals surface area contributed by atoms with Gasteiger partial charge in [0, 0.05) is 37.0 Å². The van der Waals surface area contributed by atoms with Crippen LogP contribution in [0.1, 0.15) is 33.5 Å². The summed E-state index contributed by atoms with van der Waals surface area (Å²) in [7, 11) is 0. The van der Waals surface area contributed by atoms with Gasteiger partial charge in [-0.15, -0.1) is 0 Å². The summed E-state index contributed by atoms with van der Waals surface area (Å²) in [4.78, 5) is 11.7. The Morgan fingerprint density at radius 3 is 2.50 bits per heavy atom. The molecule has 0 atom stereocenters. The zero-order chi connectivity index (χ0) is 18.2. The number of fused-ring (bicyclic) bond motifs is 8. The van der Waals surface area contributed by atoms with Crippen LogP contribution in [0.2, 0.25) is 0 Å². The van der Waals surface area contributed by atoms with Gasteiger partial charge in [-0.1, -0.05) is 30.3 Å². The van der Waals surface area contributed by atoms with Crippen LogP contribution in [0.15, 0.2) is 67.1 Å². The molecule has 0 spiro atoms. The van der Waals surface area contributed by atoms with E-state index in [0.29, 0.717) is 0 Å². The molecule has 4 heterocycles. The average molecular weight is 359 g/mol. The van der Waals surface area contributed by atoms with Gasteiger partial charge in [0.25, 0.3) is 0 Å². The van der Waals surface area contributed by atoms with E-state index in [1.807, 2.05) is 18.5 Å². The first-order valence-corrected chi connectivity index (χ1v) is 9.81. The van der Waals surface area contributed by atoms with Gasteiger partial charge in [-0.3, -0.25) is 9.97 Å². The SMILES string of the molecule is c1ccc2c(c1)Cc1c-2ccc2c1Cc1cncc3c1N2c1cccnc1C3. The van der Waals surface area contributed by atoms with E-state index < -0.39 is 0 Å². The van der Waals surface area contributed by atoms with Crippen LogP contribution in [-0.4, -0.2) is 9.97 Å². The van der Waals surface area contributed by atoms with Gasteiger partial charge in [-0.2, -0.15) is 0 Å². The predicted octanol–water partition coefficient (Wildman–Crippen LogP) is 5.33. The van der Waals surface area contributed by atoms with Crippen molar-refractivity contribution < 1.29 is 0 Å². The lowest BCUT2D eigenvalue weighted by Gasteiger charge is -2.39. The van der Waals surface area contributed by atoms with Crippen molar-refractivity contribution in [2.45, 2.75) is 19.3 Å². The van der Waals surface area contributed by atoms with E-state index in [4.69, 9.17) is 0 Å². The maximum atomic E-state index is 4.68. The topological polar surface area (TPSA) is 29.0 Å². The number of anilines is 3. The van der Waals surface area contributed by atoms with E-state index >= 15 is 0 Å². The molecule has 28 heavy (non-hydrogen) atoms. The average Bonchev–Trinajstić information content (AvgIpc) is 3.13. The zero-order valence-electron chi connectivity index (χ0n) is 15.3. The fourth-order valence-corrected chi connectivity index (χ4v) is 5.27. The van der Waals surface area contributed by atoms with E-state index in [-0.39, 0.29) is 0 Å². The predicted molar refractivity (Wildman–Crippen MR) is 111 cm³/mol. The molecular formula is C25H17N3. The Morgan fingerprint density at radius 2 is 1.54 bits per heavy atom. The molecule has 3 nitrogen and oxygen atoms in total. The molecule has 0 N–H and O–H groups in total. The van der Waals surface area contributed by atoms with E-state index in [2.05, 4.69) is 63.5 Å². The Kier molecular flexibility index (Phi) is 2.64. The minimum absolute atomic E-state index is 0.856. The molecule has 0 fully saturated rings. The smallest absolute Gasteiger partial charge is 0.0688 e. The summed E-state index contributed by atoms with van der Waals surface area (Å²) >= 11 is 0. The molecule has 2 aromatic carbocycles. The van der Waals surface area contributed by atoms with Crippen LogP contribution < -0.4 is 4.90 Å². The number of pyridine rings is 2. The zero-order valence-corrected chi connectivity index (χ0v) is 15.3. The fourth-order valence-electron chi connectivity index (χ4n) is 5.27. The minimum Gasteiger partial charge on any atom is -0.308 e. The third kappa shape index (κ3) is 1.74. The second kappa shape index (κ2) is 5.08. The Morgan fingerprint density at radius 1 is 0.679 bits per heavy atom. The molecule has 0 saturated heterocycles. The number of hydrogen-bond donors (Lipinski definition) is 0. The van der Waals surface area contributed by atoms with E-state index in [0.717, 1.165) is 25.0 Å². The van der Waals surface area contributed by atoms with Crippen molar-refractivity contribution in [3.63, 3.8) is 0 Å². The fraction of sp³-hybridized carbons (Fsp3) is 0.120. The van der Waals surface area contributed by atoms with Crippen LogP contribution >= 0.6 is 0 Å². The monoisotopic (exact) mass is 359 g/mol. The van der Waals surface area contributed by atoms with Gasteiger partial charge in [0.2, 0.25) is 0 Å². The second-order valence-corrected chi connectivity index (χ2v) is 7.89.